The SMILES string of the molecule is COCC(CCO)NCc1coc2ccccc12. The van der Waals surface area contributed by atoms with Crippen molar-refractivity contribution in [3.05, 3.63) is 36.1 Å². The molecule has 18 heavy (non-hydrogen) atoms. The van der Waals surface area contributed by atoms with Crippen LogP contribution in [0.4, 0.5) is 0 Å². The number of hydrogen-bond donors (Lipinski definition) is 2. The molecule has 0 aliphatic rings. The minimum Gasteiger partial charge on any atom is -0.464 e. The van der Waals surface area contributed by atoms with E-state index in [1.807, 2.05) is 24.3 Å². The number of methoxy groups -OCH3 is 1. The zero-order valence-corrected chi connectivity index (χ0v) is 10.6. The largest absolute Gasteiger partial charge is 0.464 e. The summed E-state index contributed by atoms with van der Waals surface area (Å²) in [5.41, 5.74) is 2.03. The summed E-state index contributed by atoms with van der Waals surface area (Å²) in [5, 5.41) is 13.5. The van der Waals surface area contributed by atoms with Crippen molar-refractivity contribution in [1.29, 1.82) is 0 Å². The Morgan fingerprint density at radius 1 is 1.39 bits per heavy atom. The second-order valence-electron chi connectivity index (χ2n) is 4.30. The summed E-state index contributed by atoms with van der Waals surface area (Å²) in [6.45, 7) is 1.47. The molecule has 1 aromatic carbocycles. The van der Waals surface area contributed by atoms with Crippen molar-refractivity contribution in [1.82, 2.24) is 5.32 Å². The summed E-state index contributed by atoms with van der Waals surface area (Å²) in [4.78, 5) is 0. The molecule has 4 heteroatoms. The molecule has 2 N–H and O–H groups in total. The van der Waals surface area contributed by atoms with Gasteiger partial charge in [-0.2, -0.15) is 0 Å². The Balaban J connectivity index is 2.00. The molecule has 0 saturated heterocycles. The Hall–Kier alpha value is -1.36. The van der Waals surface area contributed by atoms with E-state index < -0.39 is 0 Å². The van der Waals surface area contributed by atoms with Crippen molar-refractivity contribution in [2.45, 2.75) is 19.0 Å². The Morgan fingerprint density at radius 3 is 3.00 bits per heavy atom. The zero-order chi connectivity index (χ0) is 12.8. The quantitative estimate of drug-likeness (QED) is 0.787. The molecule has 1 aromatic heterocycles. The lowest BCUT2D eigenvalue weighted by atomic mass is 10.1. The van der Waals surface area contributed by atoms with Gasteiger partial charge in [-0.1, -0.05) is 18.2 Å². The van der Waals surface area contributed by atoms with Gasteiger partial charge in [-0.15, -0.1) is 0 Å². The van der Waals surface area contributed by atoms with E-state index in [9.17, 15) is 0 Å². The third-order valence-electron chi connectivity index (χ3n) is 2.99. The average molecular weight is 249 g/mol. The van der Waals surface area contributed by atoms with Crippen molar-refractivity contribution in [3.63, 3.8) is 0 Å². The summed E-state index contributed by atoms with van der Waals surface area (Å²) < 4.78 is 10.6. The van der Waals surface area contributed by atoms with Gasteiger partial charge in [-0.25, -0.2) is 0 Å². The van der Waals surface area contributed by atoms with E-state index in [0.29, 0.717) is 19.6 Å². The first-order valence-corrected chi connectivity index (χ1v) is 6.13. The number of para-hydroxylation sites is 1. The van der Waals surface area contributed by atoms with Crippen LogP contribution in [0.15, 0.2) is 34.9 Å². The number of fused-ring (bicyclic) bond motifs is 1. The van der Waals surface area contributed by atoms with Gasteiger partial charge in [0.1, 0.15) is 5.58 Å². The highest BCUT2D eigenvalue weighted by molar-refractivity contribution is 5.80. The first-order chi connectivity index (χ1) is 8.85. The molecule has 98 valence electrons. The van der Waals surface area contributed by atoms with Crippen molar-refractivity contribution in [3.8, 4) is 0 Å². The number of hydrogen-bond acceptors (Lipinski definition) is 4. The van der Waals surface area contributed by atoms with Crippen LogP contribution in [0.3, 0.4) is 0 Å². The summed E-state index contributed by atoms with van der Waals surface area (Å²) in [7, 11) is 1.67. The number of nitrogens with one attached hydrogen (secondary N) is 1. The molecule has 0 spiro atoms. The molecule has 1 heterocycles. The van der Waals surface area contributed by atoms with Crippen molar-refractivity contribution < 1.29 is 14.3 Å². The number of furan rings is 1. The van der Waals surface area contributed by atoms with E-state index in [2.05, 4.69) is 5.32 Å². The maximum atomic E-state index is 8.98. The number of aliphatic hydroxyl groups is 1. The number of benzene rings is 1. The molecule has 0 fully saturated rings. The van der Waals surface area contributed by atoms with Gasteiger partial charge in [-0.05, 0) is 12.5 Å². The number of ether oxygens (including phenoxy) is 1. The molecular weight excluding hydrogens is 230 g/mol. The highest BCUT2D eigenvalue weighted by Crippen LogP contribution is 2.20. The molecule has 2 rings (SSSR count). The highest BCUT2D eigenvalue weighted by atomic mass is 16.5. The summed E-state index contributed by atoms with van der Waals surface area (Å²) in [5.74, 6) is 0. The van der Waals surface area contributed by atoms with Crippen LogP contribution >= 0.6 is 0 Å². The molecule has 0 aliphatic heterocycles. The van der Waals surface area contributed by atoms with Gasteiger partial charge in [0.25, 0.3) is 0 Å². The number of rotatable bonds is 7. The van der Waals surface area contributed by atoms with Gasteiger partial charge in [0, 0.05) is 37.3 Å². The third-order valence-corrected chi connectivity index (χ3v) is 2.99. The predicted octanol–water partition coefficient (Wildman–Crippen LogP) is 1.92. The molecule has 2 aromatic rings. The van der Waals surface area contributed by atoms with Crippen molar-refractivity contribution in [2.75, 3.05) is 20.3 Å². The van der Waals surface area contributed by atoms with Gasteiger partial charge in [0.05, 0.1) is 12.9 Å². The van der Waals surface area contributed by atoms with E-state index in [-0.39, 0.29) is 12.6 Å². The molecule has 0 bridgehead atoms. The molecule has 4 nitrogen and oxygen atoms in total. The Morgan fingerprint density at radius 2 is 2.22 bits per heavy atom. The number of aliphatic hydroxyl groups excluding tert-OH is 1. The van der Waals surface area contributed by atoms with Crippen LogP contribution in [0.5, 0.6) is 0 Å². The smallest absolute Gasteiger partial charge is 0.134 e. The predicted molar refractivity (Wildman–Crippen MR) is 70.4 cm³/mol. The van der Waals surface area contributed by atoms with Gasteiger partial charge >= 0.3 is 0 Å². The lowest BCUT2D eigenvalue weighted by Gasteiger charge is -2.16. The Labute approximate surface area is 107 Å². The molecular formula is C14H19NO3. The van der Waals surface area contributed by atoms with E-state index in [4.69, 9.17) is 14.3 Å². The monoisotopic (exact) mass is 249 g/mol. The van der Waals surface area contributed by atoms with Crippen LogP contribution in [-0.4, -0.2) is 31.5 Å². The molecule has 0 amide bonds. The minimum atomic E-state index is 0.160. The van der Waals surface area contributed by atoms with E-state index in [1.165, 1.54) is 0 Å². The first kappa shape index (κ1) is 13.1. The van der Waals surface area contributed by atoms with Gasteiger partial charge in [-0.3, -0.25) is 0 Å². The van der Waals surface area contributed by atoms with Crippen LogP contribution in [0, 0.1) is 0 Å². The summed E-state index contributed by atoms with van der Waals surface area (Å²) in [6.07, 6.45) is 2.46. The van der Waals surface area contributed by atoms with Gasteiger partial charge in [0.2, 0.25) is 0 Å². The topological polar surface area (TPSA) is 54.6 Å². The second-order valence-corrected chi connectivity index (χ2v) is 4.30. The molecule has 0 saturated carbocycles. The summed E-state index contributed by atoms with van der Waals surface area (Å²) in [6, 6.07) is 8.13. The maximum Gasteiger partial charge on any atom is 0.134 e. The maximum absolute atomic E-state index is 8.98. The van der Waals surface area contributed by atoms with Gasteiger partial charge in [0.15, 0.2) is 0 Å². The molecule has 1 atom stereocenters. The fourth-order valence-corrected chi connectivity index (χ4v) is 2.03. The Kier molecular flexibility index (Phi) is 4.75. The van der Waals surface area contributed by atoms with E-state index in [0.717, 1.165) is 16.5 Å². The normalized spacial score (nSPS) is 13.0. The van der Waals surface area contributed by atoms with Crippen LogP contribution in [-0.2, 0) is 11.3 Å². The average Bonchev–Trinajstić information content (AvgIpc) is 2.80. The zero-order valence-electron chi connectivity index (χ0n) is 10.6. The van der Waals surface area contributed by atoms with Crippen LogP contribution in [0.2, 0.25) is 0 Å². The lowest BCUT2D eigenvalue weighted by Crippen LogP contribution is -2.33. The second kappa shape index (κ2) is 6.54. The fraction of sp³-hybridized carbons (Fsp3) is 0.429. The fourth-order valence-electron chi connectivity index (χ4n) is 2.03. The van der Waals surface area contributed by atoms with Crippen molar-refractivity contribution >= 4 is 11.0 Å². The molecule has 0 aliphatic carbocycles. The molecule has 0 radical (unpaired) electrons. The minimum absolute atomic E-state index is 0.160. The summed E-state index contributed by atoms with van der Waals surface area (Å²) >= 11 is 0. The van der Waals surface area contributed by atoms with Crippen LogP contribution in [0.25, 0.3) is 11.0 Å². The van der Waals surface area contributed by atoms with Crippen molar-refractivity contribution in [2.24, 2.45) is 0 Å². The third kappa shape index (κ3) is 3.10. The van der Waals surface area contributed by atoms with Gasteiger partial charge < -0.3 is 19.6 Å². The Bertz CT molecular complexity index is 475. The first-order valence-electron chi connectivity index (χ1n) is 6.13. The lowest BCUT2D eigenvalue weighted by molar-refractivity contribution is 0.148. The standard InChI is InChI=1S/C14H19NO3/c1-17-10-12(6-7-16)15-8-11-9-18-14-5-3-2-4-13(11)14/h2-5,9,12,15-16H,6-8,10H2,1H3. The van der Waals surface area contributed by atoms with E-state index in [1.54, 1.807) is 13.4 Å². The van der Waals surface area contributed by atoms with Crippen LogP contribution < -0.4 is 5.32 Å². The van der Waals surface area contributed by atoms with E-state index >= 15 is 0 Å². The molecule has 1 unspecified atom stereocenters. The highest BCUT2D eigenvalue weighted by Gasteiger charge is 2.09. The van der Waals surface area contributed by atoms with Crippen LogP contribution in [0.1, 0.15) is 12.0 Å².